The number of hydrogen-bond acceptors (Lipinski definition) is 4. The Balaban J connectivity index is 1.90. The minimum absolute atomic E-state index is 0.119. The quantitative estimate of drug-likeness (QED) is 0.652. The van der Waals surface area contributed by atoms with Crippen LogP contribution in [0.15, 0.2) is 48.5 Å². The van der Waals surface area contributed by atoms with Crippen LogP contribution in [0.1, 0.15) is 51.8 Å². The minimum atomic E-state index is -0.960. The van der Waals surface area contributed by atoms with Crippen molar-refractivity contribution in [1.82, 2.24) is 4.90 Å². The van der Waals surface area contributed by atoms with E-state index in [4.69, 9.17) is 0 Å². The molecule has 1 atom stereocenters. The lowest BCUT2D eigenvalue weighted by Crippen LogP contribution is -2.50. The van der Waals surface area contributed by atoms with Gasteiger partial charge < -0.3 is 5.32 Å². The van der Waals surface area contributed by atoms with Crippen molar-refractivity contribution in [2.24, 2.45) is 5.92 Å². The molecule has 0 unspecified atom stereocenters. The van der Waals surface area contributed by atoms with Crippen molar-refractivity contribution in [3.05, 3.63) is 65.2 Å². The zero-order valence-electron chi connectivity index (χ0n) is 15.4. The summed E-state index contributed by atoms with van der Waals surface area (Å²) in [6.07, 6.45) is 0. The average molecular weight is 364 g/mol. The molecule has 0 saturated carbocycles. The third-order valence-corrected chi connectivity index (χ3v) is 4.54. The average Bonchev–Trinajstić information content (AvgIpc) is 2.87. The maximum absolute atomic E-state index is 12.9. The second kappa shape index (κ2) is 7.15. The first-order valence-corrected chi connectivity index (χ1v) is 8.70. The van der Waals surface area contributed by atoms with Crippen molar-refractivity contribution in [2.45, 2.75) is 26.8 Å². The van der Waals surface area contributed by atoms with Gasteiger partial charge in [0.2, 0.25) is 5.91 Å². The predicted octanol–water partition coefficient (Wildman–Crippen LogP) is 3.15. The lowest BCUT2D eigenvalue weighted by Gasteiger charge is -2.28. The molecule has 6 nitrogen and oxygen atoms in total. The maximum Gasteiger partial charge on any atom is 0.262 e. The van der Waals surface area contributed by atoms with Gasteiger partial charge in [-0.2, -0.15) is 0 Å². The maximum atomic E-state index is 12.9. The first-order chi connectivity index (χ1) is 12.8. The van der Waals surface area contributed by atoms with Crippen LogP contribution in [0, 0.1) is 5.92 Å². The van der Waals surface area contributed by atoms with Crippen molar-refractivity contribution in [2.75, 3.05) is 5.32 Å². The summed E-state index contributed by atoms with van der Waals surface area (Å²) in [6, 6.07) is 12.1. The van der Waals surface area contributed by atoms with Gasteiger partial charge in [0.05, 0.1) is 11.1 Å². The van der Waals surface area contributed by atoms with Crippen molar-refractivity contribution < 1.29 is 19.2 Å². The Hall–Kier alpha value is -3.28. The largest absolute Gasteiger partial charge is 0.324 e. The highest BCUT2D eigenvalue weighted by Gasteiger charge is 2.43. The summed E-state index contributed by atoms with van der Waals surface area (Å²) >= 11 is 0. The molecule has 1 aliphatic rings. The molecule has 3 amide bonds. The molecule has 0 radical (unpaired) electrons. The highest BCUT2D eigenvalue weighted by Crippen LogP contribution is 2.27. The van der Waals surface area contributed by atoms with E-state index in [9.17, 15) is 19.2 Å². The van der Waals surface area contributed by atoms with Crippen LogP contribution in [0.4, 0.5) is 5.69 Å². The van der Waals surface area contributed by atoms with Gasteiger partial charge in [-0.1, -0.05) is 38.1 Å². The molecule has 0 aliphatic carbocycles. The third kappa shape index (κ3) is 3.38. The van der Waals surface area contributed by atoms with E-state index < -0.39 is 23.8 Å². The predicted molar refractivity (Wildman–Crippen MR) is 101 cm³/mol. The number of imide groups is 1. The van der Waals surface area contributed by atoms with Crippen LogP contribution in [-0.2, 0) is 4.79 Å². The molecule has 0 spiro atoms. The van der Waals surface area contributed by atoms with Crippen LogP contribution in [0.25, 0.3) is 0 Å². The van der Waals surface area contributed by atoms with Crippen LogP contribution in [0.3, 0.4) is 0 Å². The summed E-state index contributed by atoms with van der Waals surface area (Å²) in [5.41, 5.74) is 1.52. The van der Waals surface area contributed by atoms with Crippen LogP contribution < -0.4 is 5.32 Å². The molecule has 3 rings (SSSR count). The Labute approximate surface area is 157 Å². The van der Waals surface area contributed by atoms with E-state index in [1.165, 1.54) is 6.92 Å². The Kier molecular flexibility index (Phi) is 4.90. The van der Waals surface area contributed by atoms with Gasteiger partial charge in [-0.15, -0.1) is 0 Å². The fourth-order valence-corrected chi connectivity index (χ4v) is 3.21. The number of carbonyl (C=O) groups excluding carboxylic acids is 4. The standard InChI is InChI=1S/C21H20N2O4/c1-12(2)18(19(25)22-15-8-6-7-14(11-15)13(3)24)23-20(26)16-9-4-5-10-17(16)21(23)27/h4-12,18H,1-3H3,(H,22,25)/t18-/m1/s1. The highest BCUT2D eigenvalue weighted by atomic mass is 16.2. The first kappa shape index (κ1) is 18.5. The molecule has 0 saturated heterocycles. The topological polar surface area (TPSA) is 83.6 Å². The number of fused-ring (bicyclic) bond motifs is 1. The number of amides is 3. The molecular formula is C21H20N2O4. The molecule has 2 aromatic rings. The van der Waals surface area contributed by atoms with Crippen LogP contribution in [0.2, 0.25) is 0 Å². The highest BCUT2D eigenvalue weighted by molar-refractivity contribution is 6.23. The second-order valence-corrected chi connectivity index (χ2v) is 6.84. The van der Waals surface area contributed by atoms with Gasteiger partial charge >= 0.3 is 0 Å². The van der Waals surface area contributed by atoms with Gasteiger partial charge in [0, 0.05) is 11.3 Å². The van der Waals surface area contributed by atoms with Crippen molar-refractivity contribution in [3.63, 3.8) is 0 Å². The van der Waals surface area contributed by atoms with Gasteiger partial charge in [0.25, 0.3) is 11.8 Å². The van der Waals surface area contributed by atoms with Crippen molar-refractivity contribution in [1.29, 1.82) is 0 Å². The fraction of sp³-hybridized carbons (Fsp3) is 0.238. The number of hydrogen-bond donors (Lipinski definition) is 1. The van der Waals surface area contributed by atoms with Crippen LogP contribution in [-0.4, -0.2) is 34.4 Å². The monoisotopic (exact) mass is 364 g/mol. The van der Waals surface area contributed by atoms with Gasteiger partial charge in [0.1, 0.15) is 6.04 Å². The fourth-order valence-electron chi connectivity index (χ4n) is 3.21. The Morgan fingerprint density at radius 1 is 0.926 bits per heavy atom. The molecule has 2 aromatic carbocycles. The zero-order chi connectivity index (χ0) is 19.7. The van der Waals surface area contributed by atoms with Gasteiger partial charge in [-0.05, 0) is 37.1 Å². The lowest BCUT2D eigenvalue weighted by atomic mass is 10.0. The molecule has 1 aliphatic heterocycles. The summed E-state index contributed by atoms with van der Waals surface area (Å²) in [6.45, 7) is 5.00. The molecule has 1 heterocycles. The van der Waals surface area contributed by atoms with Crippen molar-refractivity contribution >= 4 is 29.2 Å². The number of anilines is 1. The van der Waals surface area contributed by atoms with E-state index in [1.807, 2.05) is 0 Å². The van der Waals surface area contributed by atoms with E-state index in [0.29, 0.717) is 22.4 Å². The molecule has 0 fully saturated rings. The third-order valence-electron chi connectivity index (χ3n) is 4.54. The Bertz CT molecular complexity index is 914. The first-order valence-electron chi connectivity index (χ1n) is 8.70. The summed E-state index contributed by atoms with van der Waals surface area (Å²) in [4.78, 5) is 51.0. The van der Waals surface area contributed by atoms with Gasteiger partial charge in [0.15, 0.2) is 5.78 Å². The smallest absolute Gasteiger partial charge is 0.262 e. The Morgan fingerprint density at radius 3 is 2.04 bits per heavy atom. The number of nitrogens with one attached hydrogen (secondary N) is 1. The van der Waals surface area contributed by atoms with Gasteiger partial charge in [-0.3, -0.25) is 24.1 Å². The Morgan fingerprint density at radius 2 is 1.52 bits per heavy atom. The zero-order valence-corrected chi connectivity index (χ0v) is 15.4. The van der Waals surface area contributed by atoms with Crippen LogP contribution >= 0.6 is 0 Å². The van der Waals surface area contributed by atoms with E-state index in [2.05, 4.69) is 5.32 Å². The van der Waals surface area contributed by atoms with Crippen LogP contribution in [0.5, 0.6) is 0 Å². The normalized spacial score (nSPS) is 14.3. The SMILES string of the molecule is CC(=O)c1cccc(NC(=O)[C@@H](C(C)C)N2C(=O)c3ccccc3C2=O)c1. The number of ketones is 1. The number of benzene rings is 2. The van der Waals surface area contributed by atoms with Gasteiger partial charge in [-0.25, -0.2) is 0 Å². The summed E-state index contributed by atoms with van der Waals surface area (Å²) in [7, 11) is 0. The number of nitrogens with zero attached hydrogens (tertiary/aromatic N) is 1. The van der Waals surface area contributed by atoms with E-state index >= 15 is 0 Å². The molecule has 138 valence electrons. The summed E-state index contributed by atoms with van der Waals surface area (Å²) < 4.78 is 0. The number of rotatable bonds is 5. The minimum Gasteiger partial charge on any atom is -0.324 e. The second-order valence-electron chi connectivity index (χ2n) is 6.84. The molecule has 0 bridgehead atoms. The van der Waals surface area contributed by atoms with Crippen molar-refractivity contribution in [3.8, 4) is 0 Å². The molecular weight excluding hydrogens is 344 g/mol. The summed E-state index contributed by atoms with van der Waals surface area (Å²) in [5, 5.41) is 2.73. The molecule has 6 heteroatoms. The molecule has 1 N–H and O–H groups in total. The van der Waals surface area contributed by atoms with E-state index in [-0.39, 0.29) is 11.7 Å². The number of carbonyl (C=O) groups is 4. The van der Waals surface area contributed by atoms with E-state index in [1.54, 1.807) is 62.4 Å². The number of Topliss-reactive ketones (excluding diaryl/α,β-unsaturated/α-hetero) is 1. The van der Waals surface area contributed by atoms with E-state index in [0.717, 1.165) is 4.90 Å². The molecule has 0 aromatic heterocycles. The summed E-state index contributed by atoms with van der Waals surface area (Å²) in [5.74, 6) is -1.82. The lowest BCUT2D eigenvalue weighted by molar-refractivity contribution is -0.121. The molecule has 27 heavy (non-hydrogen) atoms.